The lowest BCUT2D eigenvalue weighted by Crippen LogP contribution is -2.15. The maximum atomic E-state index is 11.8. The van der Waals surface area contributed by atoms with Gasteiger partial charge in [-0.05, 0) is 43.0 Å². The first-order valence-corrected chi connectivity index (χ1v) is 6.10. The largest absolute Gasteiger partial charge is 0.399 e. The third-order valence-electron chi connectivity index (χ3n) is 3.12. The summed E-state index contributed by atoms with van der Waals surface area (Å²) in [6.07, 6.45) is 1.59. The SMILES string of the molecule is CCC(C)CC(=O)Nc1cc(C)c(N)cc1C. The fourth-order valence-corrected chi connectivity index (χ4v) is 1.64. The fraction of sp³-hybridized carbons (Fsp3) is 0.500. The van der Waals surface area contributed by atoms with Gasteiger partial charge in [-0.15, -0.1) is 0 Å². The molecule has 17 heavy (non-hydrogen) atoms. The molecule has 0 aromatic heterocycles. The van der Waals surface area contributed by atoms with Crippen LogP contribution < -0.4 is 11.1 Å². The van der Waals surface area contributed by atoms with Crippen molar-refractivity contribution in [3.8, 4) is 0 Å². The lowest BCUT2D eigenvalue weighted by molar-refractivity contribution is -0.117. The van der Waals surface area contributed by atoms with E-state index >= 15 is 0 Å². The highest BCUT2D eigenvalue weighted by atomic mass is 16.1. The van der Waals surface area contributed by atoms with Gasteiger partial charge in [0.2, 0.25) is 5.91 Å². The van der Waals surface area contributed by atoms with Crippen molar-refractivity contribution in [1.82, 2.24) is 0 Å². The van der Waals surface area contributed by atoms with E-state index < -0.39 is 0 Å². The van der Waals surface area contributed by atoms with E-state index in [9.17, 15) is 4.79 Å². The molecule has 94 valence electrons. The Bertz CT molecular complexity index is 413. The molecule has 0 saturated heterocycles. The van der Waals surface area contributed by atoms with E-state index in [1.165, 1.54) is 0 Å². The fourth-order valence-electron chi connectivity index (χ4n) is 1.64. The first-order valence-electron chi connectivity index (χ1n) is 6.10. The smallest absolute Gasteiger partial charge is 0.224 e. The first kappa shape index (κ1) is 13.6. The number of benzene rings is 1. The van der Waals surface area contributed by atoms with Gasteiger partial charge in [0.1, 0.15) is 0 Å². The molecule has 3 heteroatoms. The Labute approximate surface area is 103 Å². The van der Waals surface area contributed by atoms with Crippen LogP contribution in [0.5, 0.6) is 0 Å². The lowest BCUT2D eigenvalue weighted by atomic mass is 10.0. The molecule has 0 aliphatic heterocycles. The molecule has 1 rings (SSSR count). The summed E-state index contributed by atoms with van der Waals surface area (Å²) >= 11 is 0. The summed E-state index contributed by atoms with van der Waals surface area (Å²) in [5.41, 5.74) is 9.44. The summed E-state index contributed by atoms with van der Waals surface area (Å²) in [5, 5.41) is 2.95. The molecule has 0 bridgehead atoms. The van der Waals surface area contributed by atoms with Crippen molar-refractivity contribution < 1.29 is 4.79 Å². The average Bonchev–Trinajstić information content (AvgIpc) is 2.25. The van der Waals surface area contributed by atoms with E-state index in [0.29, 0.717) is 12.3 Å². The number of anilines is 2. The summed E-state index contributed by atoms with van der Waals surface area (Å²) in [4.78, 5) is 11.8. The number of aryl methyl sites for hydroxylation is 2. The summed E-state index contributed by atoms with van der Waals surface area (Å²) in [6.45, 7) is 8.07. The molecule has 1 aromatic rings. The molecule has 0 fully saturated rings. The Morgan fingerprint density at radius 2 is 2.00 bits per heavy atom. The zero-order valence-corrected chi connectivity index (χ0v) is 11.1. The molecule has 1 atom stereocenters. The number of carbonyl (C=O) groups is 1. The predicted molar refractivity (Wildman–Crippen MR) is 73.0 cm³/mol. The molecule has 0 heterocycles. The van der Waals surface area contributed by atoms with Crippen LogP contribution in [0.1, 0.15) is 37.8 Å². The molecule has 0 radical (unpaired) electrons. The lowest BCUT2D eigenvalue weighted by Gasteiger charge is -2.13. The number of hydrogen-bond donors (Lipinski definition) is 2. The highest BCUT2D eigenvalue weighted by Crippen LogP contribution is 2.22. The van der Waals surface area contributed by atoms with Crippen LogP contribution in [0.4, 0.5) is 11.4 Å². The molecule has 0 aliphatic rings. The van der Waals surface area contributed by atoms with Gasteiger partial charge in [-0.2, -0.15) is 0 Å². The number of nitrogen functional groups attached to an aromatic ring is 1. The minimum Gasteiger partial charge on any atom is -0.399 e. The van der Waals surface area contributed by atoms with Crippen LogP contribution in [0.3, 0.4) is 0 Å². The Hall–Kier alpha value is -1.51. The van der Waals surface area contributed by atoms with Crippen LogP contribution in [0, 0.1) is 19.8 Å². The van der Waals surface area contributed by atoms with E-state index in [1.54, 1.807) is 0 Å². The van der Waals surface area contributed by atoms with Crippen LogP contribution in [0.15, 0.2) is 12.1 Å². The zero-order chi connectivity index (χ0) is 13.0. The van der Waals surface area contributed by atoms with Crippen molar-refractivity contribution in [3.63, 3.8) is 0 Å². The van der Waals surface area contributed by atoms with Crippen LogP contribution in [-0.4, -0.2) is 5.91 Å². The Kier molecular flexibility index (Phi) is 4.55. The van der Waals surface area contributed by atoms with Crippen LogP contribution in [0.2, 0.25) is 0 Å². The summed E-state index contributed by atoms with van der Waals surface area (Å²) in [5.74, 6) is 0.497. The van der Waals surface area contributed by atoms with E-state index in [0.717, 1.165) is 28.9 Å². The topological polar surface area (TPSA) is 55.1 Å². The molecule has 3 nitrogen and oxygen atoms in total. The van der Waals surface area contributed by atoms with Crippen molar-refractivity contribution in [2.75, 3.05) is 11.1 Å². The van der Waals surface area contributed by atoms with Gasteiger partial charge in [0.25, 0.3) is 0 Å². The second-order valence-corrected chi connectivity index (χ2v) is 4.79. The second-order valence-electron chi connectivity index (χ2n) is 4.79. The molecule has 0 aliphatic carbocycles. The van der Waals surface area contributed by atoms with Gasteiger partial charge in [-0.1, -0.05) is 20.3 Å². The highest BCUT2D eigenvalue weighted by Gasteiger charge is 2.09. The number of nitrogens with two attached hydrogens (primary N) is 1. The Morgan fingerprint density at radius 1 is 1.35 bits per heavy atom. The molecule has 3 N–H and O–H groups in total. The van der Waals surface area contributed by atoms with Gasteiger partial charge in [0, 0.05) is 17.8 Å². The van der Waals surface area contributed by atoms with Gasteiger partial charge >= 0.3 is 0 Å². The molecule has 0 saturated carbocycles. The van der Waals surface area contributed by atoms with Crippen LogP contribution >= 0.6 is 0 Å². The standard InChI is InChI=1S/C14H22N2O/c1-5-9(2)6-14(17)16-13-8-10(3)12(15)7-11(13)4/h7-9H,5-6,15H2,1-4H3,(H,16,17). The monoisotopic (exact) mass is 234 g/mol. The molecular weight excluding hydrogens is 212 g/mol. The third-order valence-corrected chi connectivity index (χ3v) is 3.12. The number of hydrogen-bond acceptors (Lipinski definition) is 2. The maximum absolute atomic E-state index is 11.8. The third kappa shape index (κ3) is 3.77. The number of carbonyl (C=O) groups excluding carboxylic acids is 1. The Balaban J connectivity index is 2.75. The summed E-state index contributed by atoms with van der Waals surface area (Å²) in [6, 6.07) is 3.83. The van der Waals surface area contributed by atoms with Crippen molar-refractivity contribution in [1.29, 1.82) is 0 Å². The number of nitrogens with one attached hydrogen (secondary N) is 1. The molecule has 1 aromatic carbocycles. The quantitative estimate of drug-likeness (QED) is 0.786. The minimum absolute atomic E-state index is 0.0756. The zero-order valence-electron chi connectivity index (χ0n) is 11.1. The van der Waals surface area contributed by atoms with Gasteiger partial charge in [-0.3, -0.25) is 4.79 Å². The van der Waals surface area contributed by atoms with Crippen molar-refractivity contribution >= 4 is 17.3 Å². The highest BCUT2D eigenvalue weighted by molar-refractivity contribution is 5.92. The molecule has 1 unspecified atom stereocenters. The molecular formula is C14H22N2O. The summed E-state index contributed by atoms with van der Waals surface area (Å²) < 4.78 is 0. The number of amides is 1. The van der Waals surface area contributed by atoms with Gasteiger partial charge in [0.05, 0.1) is 0 Å². The van der Waals surface area contributed by atoms with Crippen molar-refractivity contribution in [3.05, 3.63) is 23.3 Å². The minimum atomic E-state index is 0.0756. The first-order chi connectivity index (χ1) is 7.93. The molecule has 0 spiro atoms. The van der Waals surface area contributed by atoms with Gasteiger partial charge in [-0.25, -0.2) is 0 Å². The maximum Gasteiger partial charge on any atom is 0.224 e. The number of rotatable bonds is 4. The van der Waals surface area contributed by atoms with Crippen LogP contribution in [0.25, 0.3) is 0 Å². The predicted octanol–water partition coefficient (Wildman–Crippen LogP) is 3.26. The average molecular weight is 234 g/mol. The summed E-state index contributed by atoms with van der Waals surface area (Å²) in [7, 11) is 0. The van der Waals surface area contributed by atoms with Crippen molar-refractivity contribution in [2.45, 2.75) is 40.5 Å². The van der Waals surface area contributed by atoms with Crippen LogP contribution in [-0.2, 0) is 4.79 Å². The second kappa shape index (κ2) is 5.71. The normalized spacial score (nSPS) is 12.2. The van der Waals surface area contributed by atoms with Gasteiger partial charge < -0.3 is 11.1 Å². The molecule has 1 amide bonds. The van der Waals surface area contributed by atoms with Gasteiger partial charge in [0.15, 0.2) is 0 Å². The van der Waals surface area contributed by atoms with E-state index in [1.807, 2.05) is 26.0 Å². The van der Waals surface area contributed by atoms with E-state index in [-0.39, 0.29) is 5.91 Å². The van der Waals surface area contributed by atoms with E-state index in [4.69, 9.17) is 5.73 Å². The van der Waals surface area contributed by atoms with Crippen molar-refractivity contribution in [2.24, 2.45) is 5.92 Å². The Morgan fingerprint density at radius 3 is 2.59 bits per heavy atom. The van der Waals surface area contributed by atoms with E-state index in [2.05, 4.69) is 19.2 Å².